The standard InChI is InChI=1S/C32H35FO3S/c1-20-17-26(35-19-22-13-15-37(34)16-14-22)18-21(2)31(20)27-9-11-29(33)32-28(27)10-12-30(32)36-25-7-5-24(6-8-25)23-3-4-23/h5-9,11,17-18,22-23,30H,3-4,10,12-16,19H2,1-2H3. The zero-order valence-corrected chi connectivity index (χ0v) is 22.5. The molecule has 37 heavy (non-hydrogen) atoms. The highest BCUT2D eigenvalue weighted by atomic mass is 32.2. The predicted molar refractivity (Wildman–Crippen MR) is 148 cm³/mol. The monoisotopic (exact) mass is 518 g/mol. The highest BCUT2D eigenvalue weighted by Crippen LogP contribution is 2.44. The molecule has 194 valence electrons. The average Bonchev–Trinajstić information content (AvgIpc) is 3.65. The molecule has 1 aliphatic heterocycles. The summed E-state index contributed by atoms with van der Waals surface area (Å²) >= 11 is -0.649. The molecule has 1 saturated carbocycles. The van der Waals surface area contributed by atoms with Crippen molar-refractivity contribution in [2.24, 2.45) is 5.92 Å². The molecule has 1 unspecified atom stereocenters. The van der Waals surface area contributed by atoms with Gasteiger partial charge in [0.2, 0.25) is 0 Å². The van der Waals surface area contributed by atoms with E-state index in [0.717, 1.165) is 76.5 Å². The van der Waals surface area contributed by atoms with E-state index < -0.39 is 11.2 Å². The third-order valence-electron chi connectivity index (χ3n) is 8.26. The predicted octanol–water partition coefficient (Wildman–Crippen LogP) is 7.59. The smallest absolute Gasteiger partial charge is 0.130 e. The van der Waals surface area contributed by atoms with Crippen LogP contribution in [0.3, 0.4) is 0 Å². The Labute approximate surface area is 222 Å². The van der Waals surface area contributed by atoms with Crippen molar-refractivity contribution in [2.75, 3.05) is 18.1 Å². The maximum atomic E-state index is 15.2. The van der Waals surface area contributed by atoms with Gasteiger partial charge >= 0.3 is 0 Å². The molecule has 1 atom stereocenters. The summed E-state index contributed by atoms with van der Waals surface area (Å²) in [5.41, 5.74) is 7.67. The number of rotatable bonds is 7. The van der Waals surface area contributed by atoms with Crippen LogP contribution in [0.15, 0.2) is 48.5 Å². The van der Waals surface area contributed by atoms with Crippen molar-refractivity contribution in [2.45, 2.75) is 64.4 Å². The van der Waals surface area contributed by atoms with Crippen LogP contribution in [-0.4, -0.2) is 22.7 Å². The van der Waals surface area contributed by atoms with E-state index in [9.17, 15) is 4.55 Å². The van der Waals surface area contributed by atoms with Crippen LogP contribution in [0.5, 0.6) is 11.5 Å². The normalized spacial score (nSPS) is 23.1. The number of hydrogen-bond acceptors (Lipinski definition) is 3. The molecule has 0 amide bonds. The zero-order chi connectivity index (χ0) is 25.5. The molecule has 0 bridgehead atoms. The minimum Gasteiger partial charge on any atom is -0.616 e. The molecule has 3 aromatic carbocycles. The summed E-state index contributed by atoms with van der Waals surface area (Å²) in [6.45, 7) is 4.89. The number of halogens is 1. The summed E-state index contributed by atoms with van der Waals surface area (Å²) < 4.78 is 39.3. The van der Waals surface area contributed by atoms with Gasteiger partial charge in [-0.05, 0) is 122 Å². The Morgan fingerprint density at radius 2 is 1.59 bits per heavy atom. The lowest BCUT2D eigenvalue weighted by Crippen LogP contribution is -2.26. The van der Waals surface area contributed by atoms with Crippen molar-refractivity contribution in [3.05, 3.63) is 82.2 Å². The molecular weight excluding hydrogens is 483 g/mol. The van der Waals surface area contributed by atoms with Crippen molar-refractivity contribution >= 4 is 11.2 Å². The molecule has 2 aliphatic carbocycles. The van der Waals surface area contributed by atoms with Gasteiger partial charge in [0.25, 0.3) is 0 Å². The first-order chi connectivity index (χ1) is 18.0. The Balaban J connectivity index is 1.22. The van der Waals surface area contributed by atoms with Crippen molar-refractivity contribution < 1.29 is 18.4 Å². The topological polar surface area (TPSA) is 41.5 Å². The third-order valence-corrected chi connectivity index (χ3v) is 9.64. The Morgan fingerprint density at radius 1 is 0.892 bits per heavy atom. The summed E-state index contributed by atoms with van der Waals surface area (Å²) in [7, 11) is 0. The van der Waals surface area contributed by atoms with Crippen LogP contribution < -0.4 is 9.47 Å². The van der Waals surface area contributed by atoms with E-state index in [2.05, 4.69) is 38.1 Å². The fourth-order valence-electron chi connectivity index (χ4n) is 6.08. The number of hydrogen-bond donors (Lipinski definition) is 0. The first kappa shape index (κ1) is 24.8. The van der Waals surface area contributed by atoms with E-state index in [0.29, 0.717) is 24.0 Å². The Morgan fingerprint density at radius 3 is 2.27 bits per heavy atom. The maximum Gasteiger partial charge on any atom is 0.130 e. The molecule has 1 heterocycles. The van der Waals surface area contributed by atoms with Gasteiger partial charge in [-0.15, -0.1) is 0 Å². The zero-order valence-electron chi connectivity index (χ0n) is 21.7. The average molecular weight is 519 g/mol. The molecular formula is C32H35FO3S. The second-order valence-corrected chi connectivity index (χ2v) is 12.7. The quantitative estimate of drug-likeness (QED) is 0.303. The summed E-state index contributed by atoms with van der Waals surface area (Å²) in [5.74, 6) is 4.27. The molecule has 6 rings (SSSR count). The number of aryl methyl sites for hydroxylation is 2. The van der Waals surface area contributed by atoms with Gasteiger partial charge in [-0.25, -0.2) is 4.39 Å². The molecule has 0 radical (unpaired) electrons. The number of benzene rings is 3. The number of fused-ring (bicyclic) bond motifs is 1. The minimum atomic E-state index is -0.649. The summed E-state index contributed by atoms with van der Waals surface area (Å²) in [6, 6.07) is 16.1. The summed E-state index contributed by atoms with van der Waals surface area (Å²) in [6.07, 6.45) is 5.80. The third kappa shape index (κ3) is 5.26. The fraction of sp³-hybridized carbons (Fsp3) is 0.438. The van der Waals surface area contributed by atoms with Gasteiger partial charge in [0, 0.05) is 11.5 Å². The second kappa shape index (κ2) is 10.3. The van der Waals surface area contributed by atoms with Crippen LogP contribution in [-0.2, 0) is 17.6 Å². The highest BCUT2D eigenvalue weighted by molar-refractivity contribution is 7.91. The largest absolute Gasteiger partial charge is 0.616 e. The Hall–Kier alpha value is -2.50. The van der Waals surface area contributed by atoms with E-state index in [1.54, 1.807) is 6.07 Å². The molecule has 2 fully saturated rings. The SMILES string of the molecule is Cc1cc(OCC2CC[S+]([O-])CC2)cc(C)c1-c1ccc(F)c2c1CCC2Oc1ccc(C2CC2)cc1. The lowest BCUT2D eigenvalue weighted by Gasteiger charge is -2.24. The Kier molecular flexibility index (Phi) is 6.93. The molecule has 0 aromatic heterocycles. The van der Waals surface area contributed by atoms with Crippen molar-refractivity contribution in [1.29, 1.82) is 0 Å². The van der Waals surface area contributed by atoms with Crippen LogP contribution in [0.2, 0.25) is 0 Å². The lowest BCUT2D eigenvalue weighted by atomic mass is 9.90. The van der Waals surface area contributed by atoms with Gasteiger partial charge in [-0.1, -0.05) is 29.4 Å². The van der Waals surface area contributed by atoms with Crippen LogP contribution in [0, 0.1) is 25.6 Å². The van der Waals surface area contributed by atoms with Gasteiger partial charge in [0.15, 0.2) is 0 Å². The fourth-order valence-corrected chi connectivity index (χ4v) is 7.48. The van der Waals surface area contributed by atoms with Crippen LogP contribution in [0.4, 0.5) is 4.39 Å². The first-order valence-corrected chi connectivity index (χ1v) is 15.1. The molecule has 3 aromatic rings. The van der Waals surface area contributed by atoms with Gasteiger partial charge in [0.05, 0.1) is 6.61 Å². The van der Waals surface area contributed by atoms with Gasteiger partial charge in [-0.3, -0.25) is 0 Å². The summed E-state index contributed by atoms with van der Waals surface area (Å²) in [5, 5.41) is 0. The van der Waals surface area contributed by atoms with E-state index in [4.69, 9.17) is 9.47 Å². The van der Waals surface area contributed by atoms with Gasteiger partial charge < -0.3 is 14.0 Å². The Bertz CT molecular complexity index is 1250. The van der Waals surface area contributed by atoms with Crippen LogP contribution in [0.25, 0.3) is 11.1 Å². The van der Waals surface area contributed by atoms with E-state index in [-0.39, 0.29) is 11.9 Å². The van der Waals surface area contributed by atoms with Crippen molar-refractivity contribution in [3.63, 3.8) is 0 Å². The molecule has 3 aliphatic rings. The molecule has 0 spiro atoms. The maximum absolute atomic E-state index is 15.2. The highest BCUT2D eigenvalue weighted by Gasteiger charge is 2.31. The molecule has 1 saturated heterocycles. The number of ether oxygens (including phenoxy) is 2. The van der Waals surface area contributed by atoms with Crippen LogP contribution >= 0.6 is 0 Å². The molecule has 5 heteroatoms. The lowest BCUT2D eigenvalue weighted by molar-refractivity contribution is 0.203. The minimum absolute atomic E-state index is 0.181. The van der Waals surface area contributed by atoms with E-state index >= 15 is 4.39 Å². The van der Waals surface area contributed by atoms with E-state index in [1.165, 1.54) is 18.4 Å². The molecule has 3 nitrogen and oxygen atoms in total. The first-order valence-electron chi connectivity index (χ1n) is 13.6. The van der Waals surface area contributed by atoms with Gasteiger partial charge in [-0.2, -0.15) is 0 Å². The summed E-state index contributed by atoms with van der Waals surface area (Å²) in [4.78, 5) is 0. The molecule has 0 N–H and O–H groups in total. The second-order valence-electron chi connectivity index (χ2n) is 11.0. The van der Waals surface area contributed by atoms with Crippen molar-refractivity contribution in [1.82, 2.24) is 0 Å². The van der Waals surface area contributed by atoms with Gasteiger partial charge in [0.1, 0.15) is 34.9 Å². The van der Waals surface area contributed by atoms with E-state index in [1.807, 2.05) is 18.2 Å². The van der Waals surface area contributed by atoms with Crippen LogP contribution in [0.1, 0.15) is 71.9 Å². The van der Waals surface area contributed by atoms with Crippen molar-refractivity contribution in [3.8, 4) is 22.6 Å².